The average molecular weight is 451 g/mol. The maximum absolute atomic E-state index is 13.1. The zero-order valence-electron chi connectivity index (χ0n) is 17.4. The van der Waals surface area contributed by atoms with E-state index in [1.165, 1.54) is 35.2 Å². The van der Waals surface area contributed by atoms with Crippen LogP contribution in [0.15, 0.2) is 47.4 Å². The lowest BCUT2D eigenvalue weighted by Gasteiger charge is -2.31. The molecular weight excluding hydrogens is 424 g/mol. The van der Waals surface area contributed by atoms with Crippen molar-refractivity contribution in [2.24, 2.45) is 5.92 Å². The quantitative estimate of drug-likeness (QED) is 0.702. The van der Waals surface area contributed by atoms with Crippen molar-refractivity contribution < 1.29 is 17.9 Å². The highest BCUT2D eigenvalue weighted by Crippen LogP contribution is 2.30. The fourth-order valence-electron chi connectivity index (χ4n) is 3.53. The first-order valence-corrected chi connectivity index (χ1v) is 11.8. The lowest BCUT2D eigenvalue weighted by atomic mass is 9.98. The Kier molecular flexibility index (Phi) is 7.06. The van der Waals surface area contributed by atoms with Crippen molar-refractivity contribution in [1.82, 2.24) is 4.31 Å². The molecule has 2 aromatic carbocycles. The molecule has 3 rings (SSSR count). The van der Waals surface area contributed by atoms with Crippen molar-refractivity contribution in [1.29, 1.82) is 0 Å². The molecule has 0 spiro atoms. The number of carbonyl (C=O) groups excluding carboxylic acids is 1. The highest BCUT2D eigenvalue weighted by atomic mass is 35.5. The van der Waals surface area contributed by atoms with Gasteiger partial charge in [0.2, 0.25) is 15.9 Å². The minimum absolute atomic E-state index is 0.0960. The molecule has 1 aliphatic rings. The Hall–Kier alpha value is -2.09. The van der Waals surface area contributed by atoms with Crippen molar-refractivity contribution in [3.8, 4) is 5.75 Å². The molecule has 0 radical (unpaired) electrons. The van der Waals surface area contributed by atoms with E-state index >= 15 is 0 Å². The van der Waals surface area contributed by atoms with Gasteiger partial charge < -0.3 is 10.1 Å². The second-order valence-electron chi connectivity index (χ2n) is 7.76. The van der Waals surface area contributed by atoms with E-state index in [4.69, 9.17) is 16.3 Å². The second kappa shape index (κ2) is 9.37. The molecule has 1 heterocycles. The van der Waals surface area contributed by atoms with E-state index in [1.807, 2.05) is 24.3 Å². The van der Waals surface area contributed by atoms with Gasteiger partial charge in [0.05, 0.1) is 22.9 Å². The molecule has 8 heteroatoms. The largest absolute Gasteiger partial charge is 0.495 e. The maximum atomic E-state index is 13.1. The minimum atomic E-state index is -3.75. The SMILES string of the molecule is COc1ccc(S(=O)(=O)N2CCC[C@@H](C(=O)Nc3ccc(C(C)C)cc3)C2)cc1Cl. The van der Waals surface area contributed by atoms with E-state index in [2.05, 4.69) is 19.2 Å². The average Bonchev–Trinajstić information content (AvgIpc) is 2.74. The molecule has 6 nitrogen and oxygen atoms in total. The molecule has 1 amide bonds. The van der Waals surface area contributed by atoms with Gasteiger partial charge in [0.15, 0.2) is 0 Å². The number of carbonyl (C=O) groups is 1. The fraction of sp³-hybridized carbons (Fsp3) is 0.409. The number of benzene rings is 2. The molecule has 0 aliphatic carbocycles. The van der Waals surface area contributed by atoms with Crippen LogP contribution in [0, 0.1) is 5.92 Å². The Morgan fingerprint density at radius 1 is 1.20 bits per heavy atom. The number of methoxy groups -OCH3 is 1. The lowest BCUT2D eigenvalue weighted by molar-refractivity contribution is -0.120. The number of anilines is 1. The highest BCUT2D eigenvalue weighted by Gasteiger charge is 2.33. The summed E-state index contributed by atoms with van der Waals surface area (Å²) >= 11 is 6.10. The number of ether oxygens (including phenoxy) is 1. The molecular formula is C22H27ClN2O4S. The summed E-state index contributed by atoms with van der Waals surface area (Å²) in [5.41, 5.74) is 1.91. The van der Waals surface area contributed by atoms with Crippen LogP contribution < -0.4 is 10.1 Å². The lowest BCUT2D eigenvalue weighted by Crippen LogP contribution is -2.43. The van der Waals surface area contributed by atoms with Crippen LogP contribution in [-0.4, -0.2) is 38.8 Å². The van der Waals surface area contributed by atoms with Gasteiger partial charge in [0, 0.05) is 18.8 Å². The molecule has 1 atom stereocenters. The summed E-state index contributed by atoms with van der Waals surface area (Å²) in [5.74, 6) is 0.250. The van der Waals surface area contributed by atoms with E-state index in [0.717, 1.165) is 0 Å². The summed E-state index contributed by atoms with van der Waals surface area (Å²) in [6, 6.07) is 12.1. The predicted octanol–water partition coefficient (Wildman–Crippen LogP) is 4.51. The van der Waals surface area contributed by atoms with Gasteiger partial charge in [0.1, 0.15) is 5.75 Å². The van der Waals surface area contributed by atoms with Gasteiger partial charge in [-0.3, -0.25) is 4.79 Å². The van der Waals surface area contributed by atoms with E-state index in [-0.39, 0.29) is 22.4 Å². The van der Waals surface area contributed by atoms with Crippen LogP contribution in [0.5, 0.6) is 5.75 Å². The summed E-state index contributed by atoms with van der Waals surface area (Å²) in [5, 5.41) is 3.15. The number of piperidine rings is 1. The van der Waals surface area contributed by atoms with Crippen molar-refractivity contribution in [2.45, 2.75) is 37.5 Å². The summed E-state index contributed by atoms with van der Waals surface area (Å²) in [4.78, 5) is 12.9. The number of halogens is 1. The molecule has 0 bridgehead atoms. The topological polar surface area (TPSA) is 75.7 Å². The Balaban J connectivity index is 1.71. The number of nitrogens with one attached hydrogen (secondary N) is 1. The summed E-state index contributed by atoms with van der Waals surface area (Å²) in [7, 11) is -2.28. The summed E-state index contributed by atoms with van der Waals surface area (Å²) in [6.07, 6.45) is 1.26. The van der Waals surface area contributed by atoms with Crippen LogP contribution in [0.1, 0.15) is 38.2 Å². The molecule has 1 aliphatic heterocycles. The van der Waals surface area contributed by atoms with Gasteiger partial charge in [-0.25, -0.2) is 8.42 Å². The van der Waals surface area contributed by atoms with Gasteiger partial charge in [-0.05, 0) is 54.7 Å². The van der Waals surface area contributed by atoms with Crippen molar-refractivity contribution in [3.63, 3.8) is 0 Å². The highest BCUT2D eigenvalue weighted by molar-refractivity contribution is 7.89. The van der Waals surface area contributed by atoms with Crippen molar-refractivity contribution >= 4 is 33.2 Å². The molecule has 2 aromatic rings. The Morgan fingerprint density at radius 3 is 2.50 bits per heavy atom. The zero-order chi connectivity index (χ0) is 21.9. The maximum Gasteiger partial charge on any atom is 0.243 e. The first-order valence-electron chi connectivity index (χ1n) is 9.97. The number of sulfonamides is 1. The molecule has 1 N–H and O–H groups in total. The van der Waals surface area contributed by atoms with Gasteiger partial charge in [-0.2, -0.15) is 4.31 Å². The van der Waals surface area contributed by atoms with Gasteiger partial charge in [-0.1, -0.05) is 37.6 Å². The normalized spacial score (nSPS) is 17.7. The van der Waals surface area contributed by atoms with Gasteiger partial charge in [0.25, 0.3) is 0 Å². The molecule has 0 aromatic heterocycles. The monoisotopic (exact) mass is 450 g/mol. The Labute approximate surface area is 183 Å². The fourth-order valence-corrected chi connectivity index (χ4v) is 5.40. The number of amides is 1. The number of hydrogen-bond acceptors (Lipinski definition) is 4. The van der Waals surface area contributed by atoms with Crippen molar-refractivity contribution in [3.05, 3.63) is 53.1 Å². The number of hydrogen-bond donors (Lipinski definition) is 1. The predicted molar refractivity (Wildman–Crippen MR) is 119 cm³/mol. The summed E-state index contributed by atoms with van der Waals surface area (Å²) in [6.45, 7) is 4.74. The Morgan fingerprint density at radius 2 is 1.90 bits per heavy atom. The van der Waals surface area contributed by atoms with E-state index in [0.29, 0.717) is 36.7 Å². The summed E-state index contributed by atoms with van der Waals surface area (Å²) < 4.78 is 32.6. The van der Waals surface area contributed by atoms with E-state index in [1.54, 1.807) is 0 Å². The van der Waals surface area contributed by atoms with Crippen LogP contribution in [0.25, 0.3) is 0 Å². The number of rotatable bonds is 6. The molecule has 1 fully saturated rings. The minimum Gasteiger partial charge on any atom is -0.495 e. The van der Waals surface area contributed by atoms with Crippen LogP contribution in [0.4, 0.5) is 5.69 Å². The first-order chi connectivity index (χ1) is 14.2. The van der Waals surface area contributed by atoms with Crippen LogP contribution in [0.2, 0.25) is 5.02 Å². The van der Waals surface area contributed by atoms with Crippen LogP contribution in [0.3, 0.4) is 0 Å². The molecule has 0 unspecified atom stereocenters. The van der Waals surface area contributed by atoms with Gasteiger partial charge in [-0.15, -0.1) is 0 Å². The van der Waals surface area contributed by atoms with Gasteiger partial charge >= 0.3 is 0 Å². The molecule has 162 valence electrons. The third-order valence-corrected chi connectivity index (χ3v) is 7.52. The standard InChI is InChI=1S/C22H27ClN2O4S/c1-15(2)16-6-8-18(9-7-16)24-22(26)17-5-4-12-25(14-17)30(27,28)19-10-11-21(29-3)20(23)13-19/h6-11,13,15,17H,4-5,12,14H2,1-3H3,(H,24,26)/t17-/m1/s1. The smallest absolute Gasteiger partial charge is 0.243 e. The van der Waals surface area contributed by atoms with E-state index < -0.39 is 15.9 Å². The molecule has 30 heavy (non-hydrogen) atoms. The van der Waals surface area contributed by atoms with Crippen LogP contribution in [-0.2, 0) is 14.8 Å². The first kappa shape index (κ1) is 22.6. The second-order valence-corrected chi connectivity index (χ2v) is 10.1. The van der Waals surface area contributed by atoms with Crippen LogP contribution >= 0.6 is 11.6 Å². The number of nitrogens with zero attached hydrogens (tertiary/aromatic N) is 1. The zero-order valence-corrected chi connectivity index (χ0v) is 19.0. The van der Waals surface area contributed by atoms with E-state index in [9.17, 15) is 13.2 Å². The third-order valence-electron chi connectivity index (χ3n) is 5.36. The third kappa shape index (κ3) is 4.96. The molecule has 0 saturated carbocycles. The molecule has 1 saturated heterocycles. The van der Waals surface area contributed by atoms with Crippen molar-refractivity contribution in [2.75, 3.05) is 25.5 Å². The Bertz CT molecular complexity index is 1010.